The molecule has 0 fully saturated rings. The predicted octanol–water partition coefficient (Wildman–Crippen LogP) is 3.38. The Bertz CT molecular complexity index is 722. The molecule has 0 aliphatic heterocycles. The molecule has 0 saturated heterocycles. The standard InChI is InChI=1S/C20H21NO3S/c1-23-18-11-5-6-12-19(18)24-15-8-7-14-21-20(22)13-16-25-17-9-3-2-4-10-17/h2-6,9-12H,13-16H2,1H3,(H,21,22). The van der Waals surface area contributed by atoms with Crippen LogP contribution in [0.15, 0.2) is 59.5 Å². The van der Waals surface area contributed by atoms with E-state index >= 15 is 0 Å². The van der Waals surface area contributed by atoms with Crippen molar-refractivity contribution in [3.8, 4) is 23.3 Å². The highest BCUT2D eigenvalue weighted by Gasteiger charge is 2.01. The molecule has 1 N–H and O–H groups in total. The molecule has 1 amide bonds. The SMILES string of the molecule is COc1ccccc1OCC#CCNC(=O)CCSc1ccccc1. The second kappa shape index (κ2) is 11.1. The fraction of sp³-hybridized carbons (Fsp3) is 0.250. The van der Waals surface area contributed by atoms with Crippen LogP contribution < -0.4 is 14.8 Å². The lowest BCUT2D eigenvalue weighted by atomic mass is 10.3. The molecule has 0 atom stereocenters. The molecule has 2 aromatic rings. The Kier molecular flexibility index (Phi) is 8.30. The van der Waals surface area contributed by atoms with Gasteiger partial charge in [0.1, 0.15) is 6.61 Å². The maximum Gasteiger partial charge on any atom is 0.221 e. The third kappa shape index (κ3) is 7.23. The smallest absolute Gasteiger partial charge is 0.221 e. The van der Waals surface area contributed by atoms with E-state index in [1.165, 1.54) is 4.90 Å². The monoisotopic (exact) mass is 355 g/mol. The van der Waals surface area contributed by atoms with Gasteiger partial charge in [-0.25, -0.2) is 0 Å². The Morgan fingerprint density at radius 2 is 1.76 bits per heavy atom. The van der Waals surface area contributed by atoms with Gasteiger partial charge in [0.05, 0.1) is 13.7 Å². The minimum Gasteiger partial charge on any atom is -0.493 e. The van der Waals surface area contributed by atoms with Crippen LogP contribution >= 0.6 is 11.8 Å². The average Bonchev–Trinajstić information content (AvgIpc) is 2.65. The Morgan fingerprint density at radius 3 is 2.52 bits per heavy atom. The Labute approximate surface area is 152 Å². The van der Waals surface area contributed by atoms with Gasteiger partial charge < -0.3 is 14.8 Å². The number of para-hydroxylation sites is 2. The number of rotatable bonds is 8. The van der Waals surface area contributed by atoms with Crippen LogP contribution in [-0.2, 0) is 4.79 Å². The summed E-state index contributed by atoms with van der Waals surface area (Å²) >= 11 is 1.67. The largest absolute Gasteiger partial charge is 0.493 e. The first-order valence-electron chi connectivity index (χ1n) is 7.95. The summed E-state index contributed by atoms with van der Waals surface area (Å²) in [4.78, 5) is 12.9. The molecule has 0 aliphatic rings. The summed E-state index contributed by atoms with van der Waals surface area (Å²) < 4.78 is 10.7. The summed E-state index contributed by atoms with van der Waals surface area (Å²) in [6.45, 7) is 0.574. The van der Waals surface area contributed by atoms with Gasteiger partial charge in [-0.15, -0.1) is 11.8 Å². The molecule has 0 saturated carbocycles. The van der Waals surface area contributed by atoms with Gasteiger partial charge in [-0.05, 0) is 24.3 Å². The zero-order chi connectivity index (χ0) is 17.7. The Hall–Kier alpha value is -2.58. The maximum atomic E-state index is 11.7. The van der Waals surface area contributed by atoms with E-state index in [0.29, 0.717) is 24.5 Å². The lowest BCUT2D eigenvalue weighted by Crippen LogP contribution is -2.23. The first kappa shape index (κ1) is 18.8. The molecule has 2 aromatic carbocycles. The molecule has 0 unspecified atom stereocenters. The van der Waals surface area contributed by atoms with Crippen LogP contribution in [0.2, 0.25) is 0 Å². The van der Waals surface area contributed by atoms with Gasteiger partial charge in [-0.2, -0.15) is 0 Å². The van der Waals surface area contributed by atoms with Crippen LogP contribution in [-0.4, -0.2) is 31.9 Å². The van der Waals surface area contributed by atoms with E-state index in [1.54, 1.807) is 18.9 Å². The normalized spacial score (nSPS) is 9.64. The molecule has 0 spiro atoms. The summed E-state index contributed by atoms with van der Waals surface area (Å²) in [6, 6.07) is 17.4. The fourth-order valence-electron chi connectivity index (χ4n) is 1.97. The second-order valence-corrected chi connectivity index (χ2v) is 6.15. The van der Waals surface area contributed by atoms with Crippen LogP contribution in [0, 0.1) is 11.8 Å². The minimum atomic E-state index is 0.00313. The molecule has 5 heteroatoms. The zero-order valence-corrected chi connectivity index (χ0v) is 15.0. The maximum absolute atomic E-state index is 11.7. The first-order valence-corrected chi connectivity index (χ1v) is 8.94. The van der Waals surface area contributed by atoms with Crippen molar-refractivity contribution in [3.63, 3.8) is 0 Å². The predicted molar refractivity (Wildman–Crippen MR) is 101 cm³/mol. The average molecular weight is 355 g/mol. The topological polar surface area (TPSA) is 47.6 Å². The molecule has 0 radical (unpaired) electrons. The van der Waals surface area contributed by atoms with Crippen molar-refractivity contribution >= 4 is 17.7 Å². The number of carbonyl (C=O) groups is 1. The lowest BCUT2D eigenvalue weighted by Gasteiger charge is -2.07. The summed E-state index contributed by atoms with van der Waals surface area (Å²) in [6.07, 6.45) is 0.471. The van der Waals surface area contributed by atoms with Crippen LogP contribution in [0.1, 0.15) is 6.42 Å². The zero-order valence-electron chi connectivity index (χ0n) is 14.2. The van der Waals surface area contributed by atoms with Crippen LogP contribution in [0.5, 0.6) is 11.5 Å². The molecule has 0 heterocycles. The van der Waals surface area contributed by atoms with Gasteiger partial charge in [0.2, 0.25) is 5.91 Å². The van der Waals surface area contributed by atoms with Gasteiger partial charge >= 0.3 is 0 Å². The van der Waals surface area contributed by atoms with E-state index in [0.717, 1.165) is 5.75 Å². The van der Waals surface area contributed by atoms with Crippen molar-refractivity contribution in [2.75, 3.05) is 26.0 Å². The van der Waals surface area contributed by atoms with Crippen molar-refractivity contribution in [1.29, 1.82) is 0 Å². The van der Waals surface area contributed by atoms with Crippen molar-refractivity contribution < 1.29 is 14.3 Å². The van der Waals surface area contributed by atoms with Crippen molar-refractivity contribution in [2.24, 2.45) is 0 Å². The molecule has 0 bridgehead atoms. The van der Waals surface area contributed by atoms with Crippen molar-refractivity contribution in [1.82, 2.24) is 5.32 Å². The summed E-state index contributed by atoms with van der Waals surface area (Å²) in [5.41, 5.74) is 0. The van der Waals surface area contributed by atoms with E-state index in [-0.39, 0.29) is 12.5 Å². The molecular weight excluding hydrogens is 334 g/mol. The van der Waals surface area contributed by atoms with Crippen LogP contribution in [0.4, 0.5) is 0 Å². The third-order valence-corrected chi connectivity index (χ3v) is 4.22. The molecule has 130 valence electrons. The van der Waals surface area contributed by atoms with Gasteiger partial charge in [-0.3, -0.25) is 4.79 Å². The van der Waals surface area contributed by atoms with E-state index in [4.69, 9.17) is 9.47 Å². The number of methoxy groups -OCH3 is 1. The van der Waals surface area contributed by atoms with Crippen LogP contribution in [0.25, 0.3) is 0 Å². The number of nitrogens with one attached hydrogen (secondary N) is 1. The van der Waals surface area contributed by atoms with E-state index in [9.17, 15) is 4.79 Å². The molecule has 0 aromatic heterocycles. The number of amides is 1. The van der Waals surface area contributed by atoms with Gasteiger partial charge in [0.15, 0.2) is 11.5 Å². The number of carbonyl (C=O) groups excluding carboxylic acids is 1. The Morgan fingerprint density at radius 1 is 1.04 bits per heavy atom. The quantitative estimate of drug-likeness (QED) is 0.583. The number of hydrogen-bond acceptors (Lipinski definition) is 4. The number of benzene rings is 2. The molecule has 0 aliphatic carbocycles. The second-order valence-electron chi connectivity index (χ2n) is 4.98. The van der Waals surface area contributed by atoms with Crippen molar-refractivity contribution in [2.45, 2.75) is 11.3 Å². The lowest BCUT2D eigenvalue weighted by molar-refractivity contribution is -0.120. The highest BCUT2D eigenvalue weighted by atomic mass is 32.2. The van der Waals surface area contributed by atoms with E-state index in [2.05, 4.69) is 17.2 Å². The van der Waals surface area contributed by atoms with Gasteiger partial charge in [-0.1, -0.05) is 42.2 Å². The number of hydrogen-bond donors (Lipinski definition) is 1. The first-order chi connectivity index (χ1) is 12.3. The number of thioether (sulfide) groups is 1. The van der Waals surface area contributed by atoms with E-state index < -0.39 is 0 Å². The van der Waals surface area contributed by atoms with E-state index in [1.807, 2.05) is 54.6 Å². The molecule has 25 heavy (non-hydrogen) atoms. The minimum absolute atomic E-state index is 0.00313. The summed E-state index contributed by atoms with van der Waals surface area (Å²) in [5.74, 6) is 7.83. The molecular formula is C20H21NO3S. The highest BCUT2D eigenvalue weighted by Crippen LogP contribution is 2.25. The fourth-order valence-corrected chi connectivity index (χ4v) is 2.85. The Balaban J connectivity index is 1.59. The number of ether oxygens (including phenoxy) is 2. The van der Waals surface area contributed by atoms with Gasteiger partial charge in [0.25, 0.3) is 0 Å². The van der Waals surface area contributed by atoms with Gasteiger partial charge in [0, 0.05) is 17.1 Å². The highest BCUT2D eigenvalue weighted by molar-refractivity contribution is 7.99. The van der Waals surface area contributed by atoms with Crippen LogP contribution in [0.3, 0.4) is 0 Å². The molecule has 2 rings (SSSR count). The third-order valence-electron chi connectivity index (χ3n) is 3.21. The van der Waals surface area contributed by atoms with Crippen molar-refractivity contribution in [3.05, 3.63) is 54.6 Å². The molecule has 4 nitrogen and oxygen atoms in total. The summed E-state index contributed by atoms with van der Waals surface area (Å²) in [7, 11) is 1.60. The summed E-state index contributed by atoms with van der Waals surface area (Å²) in [5, 5.41) is 2.78.